The predicted octanol–water partition coefficient (Wildman–Crippen LogP) is 2.59. The zero-order valence-corrected chi connectivity index (χ0v) is 14.3. The molecule has 3 N–H and O–H groups in total. The van der Waals surface area contributed by atoms with E-state index in [-0.39, 0.29) is 13.0 Å². The molecule has 25 heavy (non-hydrogen) atoms. The van der Waals surface area contributed by atoms with Gasteiger partial charge in [0, 0.05) is 12.1 Å². The van der Waals surface area contributed by atoms with E-state index in [1.54, 1.807) is 6.07 Å². The Bertz CT molecular complexity index is 731. The molecule has 0 radical (unpaired) electrons. The lowest BCUT2D eigenvalue weighted by atomic mass is 10.0. The zero-order chi connectivity index (χ0) is 18.2. The molecule has 132 valence electrons. The highest BCUT2D eigenvalue weighted by molar-refractivity contribution is 5.81. The normalized spacial score (nSPS) is 11.4. The topological polar surface area (TPSA) is 90.6 Å². The molecule has 2 aromatic carbocycles. The molecule has 0 aliphatic rings. The third-order valence-electron chi connectivity index (χ3n) is 3.76. The fraction of sp³-hybridized carbons (Fsp3) is 0.263. The van der Waals surface area contributed by atoms with E-state index in [0.29, 0.717) is 5.69 Å². The van der Waals surface area contributed by atoms with E-state index >= 15 is 0 Å². The van der Waals surface area contributed by atoms with Crippen molar-refractivity contribution >= 4 is 17.7 Å². The largest absolute Gasteiger partial charge is 0.467 e. The van der Waals surface area contributed by atoms with Crippen molar-refractivity contribution < 1.29 is 19.1 Å². The lowest BCUT2D eigenvalue weighted by Gasteiger charge is -2.17. The maximum atomic E-state index is 12.0. The molecule has 2 rings (SSSR count). The average molecular weight is 342 g/mol. The van der Waals surface area contributed by atoms with Crippen molar-refractivity contribution in [1.82, 2.24) is 5.32 Å². The number of nitrogen functional groups attached to an aromatic ring is 1. The van der Waals surface area contributed by atoms with E-state index in [9.17, 15) is 9.59 Å². The third kappa shape index (κ3) is 5.53. The van der Waals surface area contributed by atoms with Crippen molar-refractivity contribution in [3.8, 4) is 0 Å². The van der Waals surface area contributed by atoms with Crippen LogP contribution in [-0.4, -0.2) is 25.2 Å². The number of rotatable bonds is 6. The Balaban J connectivity index is 1.98. The number of carbonyl (C=O) groups excluding carboxylic acids is 2. The van der Waals surface area contributed by atoms with Crippen LogP contribution in [0.3, 0.4) is 0 Å². The van der Waals surface area contributed by atoms with Gasteiger partial charge in [0.2, 0.25) is 0 Å². The van der Waals surface area contributed by atoms with E-state index in [0.717, 1.165) is 16.7 Å². The smallest absolute Gasteiger partial charge is 0.408 e. The first-order chi connectivity index (χ1) is 12.0. The van der Waals surface area contributed by atoms with E-state index < -0.39 is 18.1 Å². The fourth-order valence-corrected chi connectivity index (χ4v) is 2.34. The van der Waals surface area contributed by atoms with E-state index in [1.165, 1.54) is 7.11 Å². The number of esters is 1. The van der Waals surface area contributed by atoms with Gasteiger partial charge in [-0.25, -0.2) is 9.59 Å². The predicted molar refractivity (Wildman–Crippen MR) is 94.9 cm³/mol. The number of ether oxygens (including phenoxy) is 2. The van der Waals surface area contributed by atoms with Crippen molar-refractivity contribution in [1.29, 1.82) is 0 Å². The maximum absolute atomic E-state index is 12.0. The van der Waals surface area contributed by atoms with Gasteiger partial charge < -0.3 is 20.5 Å². The fourth-order valence-electron chi connectivity index (χ4n) is 2.34. The number of methoxy groups -OCH3 is 1. The van der Waals surface area contributed by atoms with E-state index in [2.05, 4.69) is 5.32 Å². The van der Waals surface area contributed by atoms with Crippen LogP contribution in [0.5, 0.6) is 0 Å². The van der Waals surface area contributed by atoms with Crippen molar-refractivity contribution in [2.75, 3.05) is 12.8 Å². The van der Waals surface area contributed by atoms with Crippen molar-refractivity contribution in [3.05, 3.63) is 65.2 Å². The second kappa shape index (κ2) is 8.73. The Morgan fingerprint density at radius 3 is 2.48 bits per heavy atom. The van der Waals surface area contributed by atoms with Crippen LogP contribution in [0.4, 0.5) is 10.5 Å². The third-order valence-corrected chi connectivity index (χ3v) is 3.76. The highest BCUT2D eigenvalue weighted by Crippen LogP contribution is 2.14. The van der Waals surface area contributed by atoms with Gasteiger partial charge in [-0.15, -0.1) is 0 Å². The molecule has 6 nitrogen and oxygen atoms in total. The average Bonchev–Trinajstić information content (AvgIpc) is 2.62. The van der Waals surface area contributed by atoms with Gasteiger partial charge in [0.05, 0.1) is 7.11 Å². The summed E-state index contributed by atoms with van der Waals surface area (Å²) in [6.07, 6.45) is -0.389. The van der Waals surface area contributed by atoms with Crippen LogP contribution in [0.1, 0.15) is 16.7 Å². The lowest BCUT2D eigenvalue weighted by Crippen LogP contribution is -2.43. The molecule has 2 aromatic rings. The van der Waals surface area contributed by atoms with Crippen molar-refractivity contribution in [2.45, 2.75) is 26.0 Å². The Kier molecular flexibility index (Phi) is 6.39. The van der Waals surface area contributed by atoms with Gasteiger partial charge in [-0.1, -0.05) is 42.5 Å². The quantitative estimate of drug-likeness (QED) is 0.622. The number of alkyl carbamates (subject to hydrolysis) is 1. The number of hydrogen-bond donors (Lipinski definition) is 2. The summed E-state index contributed by atoms with van der Waals surface area (Å²) in [5, 5.41) is 2.55. The molecular weight excluding hydrogens is 320 g/mol. The van der Waals surface area contributed by atoms with Crippen LogP contribution in [0.2, 0.25) is 0 Å². The van der Waals surface area contributed by atoms with E-state index in [1.807, 2.05) is 49.4 Å². The highest BCUT2D eigenvalue weighted by Gasteiger charge is 2.23. The van der Waals surface area contributed by atoms with Crippen LogP contribution in [0, 0.1) is 6.92 Å². The Morgan fingerprint density at radius 2 is 1.84 bits per heavy atom. The minimum absolute atomic E-state index is 0.127. The zero-order valence-electron chi connectivity index (χ0n) is 14.3. The Labute approximate surface area is 146 Å². The number of amides is 1. The SMILES string of the molecule is COC(=O)[C@H](Cc1ccc(N)c(C)c1)NC(=O)OCc1ccccc1. The molecule has 0 bridgehead atoms. The van der Waals surface area contributed by atoms with Crippen LogP contribution < -0.4 is 11.1 Å². The summed E-state index contributed by atoms with van der Waals surface area (Å²) < 4.78 is 9.92. The summed E-state index contributed by atoms with van der Waals surface area (Å²) in [7, 11) is 1.28. The summed E-state index contributed by atoms with van der Waals surface area (Å²) in [4.78, 5) is 24.0. The number of nitrogens with two attached hydrogens (primary N) is 1. The summed E-state index contributed by atoms with van der Waals surface area (Å²) in [6, 6.07) is 13.9. The van der Waals surface area contributed by atoms with Gasteiger partial charge in [0.15, 0.2) is 0 Å². The van der Waals surface area contributed by atoms with Crippen LogP contribution in [0.25, 0.3) is 0 Å². The van der Waals surface area contributed by atoms with Gasteiger partial charge in [-0.05, 0) is 29.7 Å². The minimum atomic E-state index is -0.837. The molecule has 0 fully saturated rings. The van der Waals surface area contributed by atoms with Gasteiger partial charge in [-0.3, -0.25) is 0 Å². The highest BCUT2D eigenvalue weighted by atomic mass is 16.6. The van der Waals surface area contributed by atoms with Crippen LogP contribution >= 0.6 is 0 Å². The molecule has 0 aliphatic carbocycles. The Morgan fingerprint density at radius 1 is 1.12 bits per heavy atom. The molecule has 0 aromatic heterocycles. The second-order valence-corrected chi connectivity index (χ2v) is 5.68. The van der Waals surface area contributed by atoms with Gasteiger partial charge >= 0.3 is 12.1 Å². The first kappa shape index (κ1) is 18.3. The molecule has 1 amide bonds. The summed E-state index contributed by atoms with van der Waals surface area (Å²) in [5.41, 5.74) is 9.11. The Hall–Kier alpha value is -3.02. The molecule has 0 saturated carbocycles. The maximum Gasteiger partial charge on any atom is 0.408 e. The van der Waals surface area contributed by atoms with Gasteiger partial charge in [0.1, 0.15) is 12.6 Å². The van der Waals surface area contributed by atoms with Crippen LogP contribution in [-0.2, 0) is 27.3 Å². The number of nitrogens with one attached hydrogen (secondary N) is 1. The summed E-state index contributed by atoms with van der Waals surface area (Å²) in [5.74, 6) is -0.536. The van der Waals surface area contributed by atoms with Crippen LogP contribution in [0.15, 0.2) is 48.5 Å². The molecule has 0 saturated heterocycles. The van der Waals surface area contributed by atoms with Gasteiger partial charge in [-0.2, -0.15) is 0 Å². The first-order valence-corrected chi connectivity index (χ1v) is 7.89. The number of hydrogen-bond acceptors (Lipinski definition) is 5. The van der Waals surface area contributed by atoms with Gasteiger partial charge in [0.25, 0.3) is 0 Å². The van der Waals surface area contributed by atoms with Crippen molar-refractivity contribution in [2.24, 2.45) is 0 Å². The lowest BCUT2D eigenvalue weighted by molar-refractivity contribution is -0.143. The molecule has 1 atom stereocenters. The number of aryl methyl sites for hydroxylation is 1. The number of anilines is 1. The molecule has 0 heterocycles. The minimum Gasteiger partial charge on any atom is -0.467 e. The number of benzene rings is 2. The number of carbonyl (C=O) groups is 2. The van der Waals surface area contributed by atoms with Crippen molar-refractivity contribution in [3.63, 3.8) is 0 Å². The first-order valence-electron chi connectivity index (χ1n) is 7.89. The molecule has 0 aliphatic heterocycles. The summed E-state index contributed by atoms with van der Waals surface area (Å²) in [6.45, 7) is 2.01. The summed E-state index contributed by atoms with van der Waals surface area (Å²) >= 11 is 0. The molecule has 6 heteroatoms. The molecule has 0 spiro atoms. The second-order valence-electron chi connectivity index (χ2n) is 5.68. The molecule has 0 unspecified atom stereocenters. The standard InChI is InChI=1S/C19H22N2O4/c1-13-10-15(8-9-16(13)20)11-17(18(22)24-2)21-19(23)25-12-14-6-4-3-5-7-14/h3-10,17H,11-12,20H2,1-2H3,(H,21,23)/t17-/m0/s1. The molecular formula is C19H22N2O4. The monoisotopic (exact) mass is 342 g/mol. The van der Waals surface area contributed by atoms with E-state index in [4.69, 9.17) is 15.2 Å².